The van der Waals surface area contributed by atoms with Gasteiger partial charge in [-0.25, -0.2) is 9.97 Å². The first-order chi connectivity index (χ1) is 10.3. The lowest BCUT2D eigenvalue weighted by atomic mass is 10.2. The van der Waals surface area contributed by atoms with Crippen LogP contribution in [-0.4, -0.2) is 40.0 Å². The van der Waals surface area contributed by atoms with Gasteiger partial charge in [-0.1, -0.05) is 18.2 Å². The van der Waals surface area contributed by atoms with E-state index in [1.807, 2.05) is 28.8 Å². The Hall–Kier alpha value is -2.18. The van der Waals surface area contributed by atoms with E-state index < -0.39 is 0 Å². The third-order valence-corrected chi connectivity index (χ3v) is 3.54. The molecule has 0 aliphatic carbocycles. The van der Waals surface area contributed by atoms with Crippen LogP contribution in [0, 0.1) is 0 Å². The second kappa shape index (κ2) is 5.67. The number of benzene rings is 1. The lowest BCUT2D eigenvalue weighted by Gasteiger charge is -2.09. The van der Waals surface area contributed by atoms with Crippen LogP contribution in [0.25, 0.3) is 21.9 Å². The molecule has 0 aliphatic rings. The Bertz CT molecular complexity index is 782. The van der Waals surface area contributed by atoms with E-state index in [4.69, 9.17) is 10.5 Å². The van der Waals surface area contributed by atoms with Crippen molar-refractivity contribution in [3.05, 3.63) is 30.1 Å². The zero-order valence-corrected chi connectivity index (χ0v) is 11.9. The number of aromatic nitrogens is 3. The Balaban J connectivity index is 2.32. The van der Waals surface area contributed by atoms with Crippen LogP contribution < -0.4 is 5.73 Å². The minimum Gasteiger partial charge on any atom is -0.395 e. The number of nitrogens with two attached hydrogens (primary N) is 1. The zero-order chi connectivity index (χ0) is 14.8. The predicted octanol–water partition coefficient (Wildman–Crippen LogP) is 1.35. The largest absolute Gasteiger partial charge is 0.395 e. The number of para-hydroxylation sites is 1. The van der Waals surface area contributed by atoms with Crippen LogP contribution in [0.15, 0.2) is 24.3 Å². The average Bonchev–Trinajstić information content (AvgIpc) is 2.85. The first-order valence-electron chi connectivity index (χ1n) is 6.89. The number of rotatable bonds is 5. The van der Waals surface area contributed by atoms with Gasteiger partial charge >= 0.3 is 0 Å². The van der Waals surface area contributed by atoms with Crippen LogP contribution in [0.4, 0.5) is 5.82 Å². The molecular weight excluding hydrogens is 268 g/mol. The highest BCUT2D eigenvalue weighted by Gasteiger charge is 2.16. The summed E-state index contributed by atoms with van der Waals surface area (Å²) >= 11 is 0. The molecule has 0 bridgehead atoms. The number of ether oxygens (including phenoxy) is 1. The third kappa shape index (κ3) is 2.32. The summed E-state index contributed by atoms with van der Waals surface area (Å²) in [5.74, 6) is 1.27. The van der Waals surface area contributed by atoms with Crippen LogP contribution >= 0.6 is 0 Å². The molecule has 0 fully saturated rings. The van der Waals surface area contributed by atoms with Gasteiger partial charge < -0.3 is 20.1 Å². The molecule has 6 heteroatoms. The van der Waals surface area contributed by atoms with Gasteiger partial charge in [-0.05, 0) is 6.07 Å². The summed E-state index contributed by atoms with van der Waals surface area (Å²) in [7, 11) is 1.66. The highest BCUT2D eigenvalue weighted by molar-refractivity contribution is 6.06. The van der Waals surface area contributed by atoms with Gasteiger partial charge in [0, 0.05) is 25.5 Å². The van der Waals surface area contributed by atoms with Crippen LogP contribution in [-0.2, 0) is 17.7 Å². The Morgan fingerprint density at radius 2 is 2.10 bits per heavy atom. The van der Waals surface area contributed by atoms with Crippen molar-refractivity contribution in [3.63, 3.8) is 0 Å². The van der Waals surface area contributed by atoms with Gasteiger partial charge in [-0.3, -0.25) is 0 Å². The zero-order valence-electron chi connectivity index (χ0n) is 11.9. The van der Waals surface area contributed by atoms with Crippen molar-refractivity contribution >= 4 is 27.8 Å². The molecule has 6 nitrogen and oxygen atoms in total. The molecule has 0 aliphatic heterocycles. The van der Waals surface area contributed by atoms with Crippen molar-refractivity contribution in [2.45, 2.75) is 13.0 Å². The summed E-state index contributed by atoms with van der Waals surface area (Å²) in [5.41, 5.74) is 8.50. The summed E-state index contributed by atoms with van der Waals surface area (Å²) < 4.78 is 7.14. The van der Waals surface area contributed by atoms with E-state index in [9.17, 15) is 5.11 Å². The topological polar surface area (TPSA) is 86.2 Å². The van der Waals surface area contributed by atoms with Crippen molar-refractivity contribution in [2.75, 3.05) is 26.1 Å². The van der Waals surface area contributed by atoms with Crippen molar-refractivity contribution in [3.8, 4) is 0 Å². The van der Waals surface area contributed by atoms with Crippen LogP contribution in [0.3, 0.4) is 0 Å². The molecule has 3 aromatic rings. The molecule has 0 amide bonds. The van der Waals surface area contributed by atoms with E-state index in [2.05, 4.69) is 9.97 Å². The molecule has 110 valence electrons. The Labute approximate surface area is 122 Å². The highest BCUT2D eigenvalue weighted by atomic mass is 16.5. The van der Waals surface area contributed by atoms with E-state index in [-0.39, 0.29) is 6.61 Å². The smallest absolute Gasteiger partial charge is 0.152 e. The number of anilines is 1. The first kappa shape index (κ1) is 13.8. The molecule has 0 saturated heterocycles. The molecule has 0 atom stereocenters. The van der Waals surface area contributed by atoms with Crippen LogP contribution in [0.2, 0.25) is 0 Å². The highest BCUT2D eigenvalue weighted by Crippen LogP contribution is 2.28. The number of hydrogen-bond acceptors (Lipinski definition) is 5. The molecule has 3 N–H and O–H groups in total. The van der Waals surface area contributed by atoms with Crippen molar-refractivity contribution < 1.29 is 9.84 Å². The van der Waals surface area contributed by atoms with Gasteiger partial charge in [-0.15, -0.1) is 0 Å². The van der Waals surface area contributed by atoms with Crippen molar-refractivity contribution in [1.29, 1.82) is 0 Å². The minimum atomic E-state index is 0.0436. The summed E-state index contributed by atoms with van der Waals surface area (Å²) in [6, 6.07) is 7.82. The fourth-order valence-electron chi connectivity index (χ4n) is 2.63. The summed E-state index contributed by atoms with van der Waals surface area (Å²) in [6.07, 6.45) is 0.666. The summed E-state index contributed by atoms with van der Waals surface area (Å²) in [4.78, 5) is 9.01. The first-order valence-corrected chi connectivity index (χ1v) is 6.89. The molecule has 3 rings (SSSR count). The Morgan fingerprint density at radius 3 is 2.86 bits per heavy atom. The van der Waals surface area contributed by atoms with Crippen molar-refractivity contribution in [1.82, 2.24) is 14.5 Å². The normalized spacial score (nSPS) is 11.5. The Kier molecular flexibility index (Phi) is 3.72. The third-order valence-electron chi connectivity index (χ3n) is 3.54. The standard InChI is InChI=1S/C15H18N4O2/c1-21-9-6-12-18-13-14(19(12)7-8-20)10-4-2-3-5-11(10)17-15(13)16/h2-5,20H,6-9H2,1H3,(H2,16,17). The minimum absolute atomic E-state index is 0.0436. The number of aliphatic hydroxyl groups excluding tert-OH is 1. The van der Waals surface area contributed by atoms with Gasteiger partial charge in [0.1, 0.15) is 11.3 Å². The van der Waals surface area contributed by atoms with Gasteiger partial charge in [0.05, 0.1) is 24.2 Å². The summed E-state index contributed by atoms with van der Waals surface area (Å²) in [6.45, 7) is 1.09. The van der Waals surface area contributed by atoms with E-state index in [0.29, 0.717) is 30.9 Å². The number of imidazole rings is 1. The van der Waals surface area contributed by atoms with E-state index >= 15 is 0 Å². The Morgan fingerprint density at radius 1 is 1.29 bits per heavy atom. The number of hydrogen-bond donors (Lipinski definition) is 2. The molecule has 2 heterocycles. The fourth-order valence-corrected chi connectivity index (χ4v) is 2.63. The molecule has 0 saturated carbocycles. The second-order valence-electron chi connectivity index (χ2n) is 4.86. The quantitative estimate of drug-likeness (QED) is 0.739. The average molecular weight is 286 g/mol. The van der Waals surface area contributed by atoms with Crippen LogP contribution in [0.5, 0.6) is 0 Å². The van der Waals surface area contributed by atoms with Crippen molar-refractivity contribution in [2.24, 2.45) is 0 Å². The number of methoxy groups -OCH3 is 1. The monoisotopic (exact) mass is 286 g/mol. The maximum Gasteiger partial charge on any atom is 0.152 e. The summed E-state index contributed by atoms with van der Waals surface area (Å²) in [5, 5.41) is 10.4. The predicted molar refractivity (Wildman–Crippen MR) is 82.1 cm³/mol. The number of nitrogen functional groups attached to an aromatic ring is 1. The second-order valence-corrected chi connectivity index (χ2v) is 4.86. The molecule has 21 heavy (non-hydrogen) atoms. The molecule has 0 radical (unpaired) electrons. The molecule has 0 spiro atoms. The lowest BCUT2D eigenvalue weighted by molar-refractivity contribution is 0.198. The SMILES string of the molecule is COCCc1nc2c(N)nc3ccccc3c2n1CCO. The van der Waals surface area contributed by atoms with E-state index in [0.717, 1.165) is 22.2 Å². The number of pyridine rings is 1. The molecule has 2 aromatic heterocycles. The van der Waals surface area contributed by atoms with Gasteiger partial charge in [0.25, 0.3) is 0 Å². The molecule has 1 aromatic carbocycles. The van der Waals surface area contributed by atoms with Gasteiger partial charge in [0.15, 0.2) is 5.82 Å². The molecule has 0 unspecified atom stereocenters. The number of fused-ring (bicyclic) bond motifs is 3. The number of nitrogens with zero attached hydrogens (tertiary/aromatic N) is 3. The van der Waals surface area contributed by atoms with E-state index in [1.165, 1.54) is 0 Å². The lowest BCUT2D eigenvalue weighted by Crippen LogP contribution is -2.09. The maximum absolute atomic E-state index is 9.36. The van der Waals surface area contributed by atoms with E-state index in [1.54, 1.807) is 7.11 Å². The van der Waals surface area contributed by atoms with Crippen LogP contribution in [0.1, 0.15) is 5.82 Å². The van der Waals surface area contributed by atoms with Gasteiger partial charge in [-0.2, -0.15) is 0 Å². The fraction of sp³-hybridized carbons (Fsp3) is 0.333. The number of aliphatic hydroxyl groups is 1. The maximum atomic E-state index is 9.36. The van der Waals surface area contributed by atoms with Gasteiger partial charge in [0.2, 0.25) is 0 Å². The molecular formula is C15H18N4O2.